The van der Waals surface area contributed by atoms with Gasteiger partial charge in [0, 0.05) is 6.92 Å². The first kappa shape index (κ1) is 16.9. The quantitative estimate of drug-likeness (QED) is 0.238. The predicted molar refractivity (Wildman–Crippen MR) is 73.5 cm³/mol. The van der Waals surface area contributed by atoms with E-state index < -0.39 is 0 Å². The Morgan fingerprint density at radius 3 is 1.88 bits per heavy atom. The third kappa shape index (κ3) is 10.7. The molecule has 17 heavy (non-hydrogen) atoms. The molecule has 104 valence electrons. The molecule has 0 aliphatic heterocycles. The van der Waals surface area contributed by atoms with Gasteiger partial charge in [0.25, 0.3) is 0 Å². The molecule has 0 N–H and O–H groups in total. The second-order valence-electron chi connectivity index (χ2n) is 5.38. The highest BCUT2D eigenvalue weighted by Crippen LogP contribution is 2.10. The van der Waals surface area contributed by atoms with Crippen molar-refractivity contribution in [1.82, 2.24) is 0 Å². The smallest absolute Gasteiger partial charge is 0.189 e. The van der Waals surface area contributed by atoms with Crippen LogP contribution in [0.1, 0.15) is 65.2 Å². The summed E-state index contributed by atoms with van der Waals surface area (Å²) in [5, 5.41) is 11.5. The maximum Gasteiger partial charge on any atom is 0.189 e. The van der Waals surface area contributed by atoms with Crippen molar-refractivity contribution in [2.24, 2.45) is 0 Å². The molecule has 1 atom stereocenters. The Kier molecular flexibility index (Phi) is 9.79. The van der Waals surface area contributed by atoms with Gasteiger partial charge in [0.2, 0.25) is 0 Å². The summed E-state index contributed by atoms with van der Waals surface area (Å²) < 4.78 is 5.15. The average molecular weight is 245 g/mol. The van der Waals surface area contributed by atoms with Gasteiger partial charge in [-0.3, -0.25) is 0 Å². The summed E-state index contributed by atoms with van der Waals surface area (Å²) >= 11 is 0. The lowest BCUT2D eigenvalue weighted by Crippen LogP contribution is -2.43. The molecule has 3 nitrogen and oxygen atoms in total. The minimum absolute atomic E-state index is 0.250. The number of hydroxylamine groups is 3. The maximum absolute atomic E-state index is 11.5. The molecular weight excluding hydrogens is 214 g/mol. The second kappa shape index (κ2) is 9.86. The Bertz CT molecular complexity index is 166. The highest BCUT2D eigenvalue weighted by molar-refractivity contribution is 4.46. The lowest BCUT2D eigenvalue weighted by atomic mass is 10.1. The molecule has 0 aliphatic carbocycles. The number of nitrogens with zero attached hydrogens (tertiary/aromatic N) is 1. The fourth-order valence-electron chi connectivity index (χ4n) is 1.67. The van der Waals surface area contributed by atoms with Gasteiger partial charge < -0.3 is 14.6 Å². The van der Waals surface area contributed by atoms with Gasteiger partial charge in [0.05, 0.1) is 20.7 Å². The number of ether oxygens (including phenoxy) is 1. The van der Waals surface area contributed by atoms with E-state index >= 15 is 0 Å². The molecule has 0 aromatic carbocycles. The topological polar surface area (TPSA) is 32.3 Å². The summed E-state index contributed by atoms with van der Waals surface area (Å²) in [6.45, 7) is 4.81. The van der Waals surface area contributed by atoms with Crippen molar-refractivity contribution >= 4 is 0 Å². The Hall–Kier alpha value is -0.120. The molecule has 0 heterocycles. The monoisotopic (exact) mass is 245 g/mol. The van der Waals surface area contributed by atoms with E-state index in [0.29, 0.717) is 0 Å². The van der Waals surface area contributed by atoms with E-state index in [-0.39, 0.29) is 10.9 Å². The minimum Gasteiger partial charge on any atom is -0.631 e. The highest BCUT2D eigenvalue weighted by Gasteiger charge is 2.13. The van der Waals surface area contributed by atoms with Crippen LogP contribution in [0, 0.1) is 5.21 Å². The molecule has 0 aliphatic rings. The van der Waals surface area contributed by atoms with Crippen LogP contribution in [0.15, 0.2) is 0 Å². The molecule has 0 aromatic rings. The van der Waals surface area contributed by atoms with Gasteiger partial charge in [0.1, 0.15) is 0 Å². The summed E-state index contributed by atoms with van der Waals surface area (Å²) in [6, 6.07) is 0. The van der Waals surface area contributed by atoms with Gasteiger partial charge in [-0.25, -0.2) is 0 Å². The minimum atomic E-state index is -0.364. The summed E-state index contributed by atoms with van der Waals surface area (Å²) in [7, 11) is 3.25. The Balaban J connectivity index is 3.19. The summed E-state index contributed by atoms with van der Waals surface area (Å²) in [6.07, 6.45) is 10.1. The standard InChI is InChI=1S/C14H31NO2/c1-5-6-7-8-9-10-11-12-13-17-14(2)15(3,4)16/h14H,5-13H2,1-4H3. The van der Waals surface area contributed by atoms with E-state index in [4.69, 9.17) is 4.74 Å². The van der Waals surface area contributed by atoms with Gasteiger partial charge >= 0.3 is 0 Å². The van der Waals surface area contributed by atoms with Gasteiger partial charge in [-0.1, -0.05) is 51.9 Å². The van der Waals surface area contributed by atoms with Gasteiger partial charge in [-0.2, -0.15) is 0 Å². The van der Waals surface area contributed by atoms with Crippen LogP contribution in [0.5, 0.6) is 0 Å². The van der Waals surface area contributed by atoms with Crippen molar-refractivity contribution in [3.63, 3.8) is 0 Å². The van der Waals surface area contributed by atoms with E-state index in [1.807, 2.05) is 6.92 Å². The zero-order valence-corrected chi connectivity index (χ0v) is 12.2. The lowest BCUT2D eigenvalue weighted by molar-refractivity contribution is -0.889. The van der Waals surface area contributed by atoms with Crippen molar-refractivity contribution in [2.75, 3.05) is 20.7 Å². The molecule has 3 heteroatoms. The lowest BCUT2D eigenvalue weighted by Gasteiger charge is -2.39. The van der Waals surface area contributed by atoms with Crippen LogP contribution >= 0.6 is 0 Å². The molecule has 0 radical (unpaired) electrons. The van der Waals surface area contributed by atoms with Crippen LogP contribution in [0.2, 0.25) is 0 Å². The summed E-state index contributed by atoms with van der Waals surface area (Å²) in [5.41, 5.74) is 0. The normalized spacial score (nSPS) is 13.9. The molecule has 0 saturated heterocycles. The molecule has 0 amide bonds. The average Bonchev–Trinajstić information content (AvgIpc) is 2.25. The Morgan fingerprint density at radius 2 is 1.41 bits per heavy atom. The van der Waals surface area contributed by atoms with E-state index in [9.17, 15) is 5.21 Å². The number of hydrogen-bond acceptors (Lipinski definition) is 2. The van der Waals surface area contributed by atoms with E-state index in [0.717, 1.165) is 13.0 Å². The zero-order chi connectivity index (χ0) is 13.1. The Labute approximate surface area is 107 Å². The van der Waals surface area contributed by atoms with Crippen LogP contribution in [-0.4, -0.2) is 31.6 Å². The number of rotatable bonds is 11. The molecule has 0 fully saturated rings. The first-order valence-electron chi connectivity index (χ1n) is 7.14. The number of quaternary nitrogens is 1. The van der Waals surface area contributed by atoms with Crippen molar-refractivity contribution < 1.29 is 9.38 Å². The first-order chi connectivity index (χ1) is 7.98. The number of hydrogen-bond donors (Lipinski definition) is 0. The largest absolute Gasteiger partial charge is 0.631 e. The zero-order valence-electron chi connectivity index (χ0n) is 12.2. The second-order valence-corrected chi connectivity index (χ2v) is 5.38. The fourth-order valence-corrected chi connectivity index (χ4v) is 1.67. The molecule has 0 rings (SSSR count). The van der Waals surface area contributed by atoms with E-state index in [2.05, 4.69) is 6.92 Å². The van der Waals surface area contributed by atoms with Crippen LogP contribution in [0.3, 0.4) is 0 Å². The summed E-state index contributed by atoms with van der Waals surface area (Å²) in [5.74, 6) is 0. The van der Waals surface area contributed by atoms with Gasteiger partial charge in [-0.15, -0.1) is 0 Å². The molecule has 0 saturated carbocycles. The van der Waals surface area contributed by atoms with Gasteiger partial charge in [-0.05, 0) is 6.42 Å². The molecule has 1 unspecified atom stereocenters. The highest BCUT2D eigenvalue weighted by atomic mass is 16.6. The van der Waals surface area contributed by atoms with Gasteiger partial charge in [0.15, 0.2) is 6.23 Å². The molecular formula is C14H31NO2. The Morgan fingerprint density at radius 1 is 0.941 bits per heavy atom. The van der Waals surface area contributed by atoms with E-state index in [1.54, 1.807) is 14.1 Å². The van der Waals surface area contributed by atoms with Crippen LogP contribution in [-0.2, 0) is 4.74 Å². The van der Waals surface area contributed by atoms with E-state index in [1.165, 1.54) is 44.9 Å². The van der Waals surface area contributed by atoms with Crippen LogP contribution in [0.25, 0.3) is 0 Å². The first-order valence-corrected chi connectivity index (χ1v) is 7.14. The van der Waals surface area contributed by atoms with Crippen molar-refractivity contribution in [3.05, 3.63) is 5.21 Å². The van der Waals surface area contributed by atoms with Crippen molar-refractivity contribution in [1.29, 1.82) is 0 Å². The third-order valence-corrected chi connectivity index (χ3v) is 3.23. The maximum atomic E-state index is 11.5. The summed E-state index contributed by atoms with van der Waals surface area (Å²) in [4.78, 5) is 0. The SMILES string of the molecule is CCCCCCCCCCOC(C)[N+](C)(C)[O-]. The van der Waals surface area contributed by atoms with Crippen LogP contribution in [0.4, 0.5) is 0 Å². The third-order valence-electron chi connectivity index (χ3n) is 3.23. The van der Waals surface area contributed by atoms with Crippen molar-refractivity contribution in [2.45, 2.75) is 71.4 Å². The number of unbranched alkanes of at least 4 members (excludes halogenated alkanes) is 7. The fraction of sp³-hybridized carbons (Fsp3) is 1.00. The molecule has 0 spiro atoms. The van der Waals surface area contributed by atoms with Crippen molar-refractivity contribution in [3.8, 4) is 0 Å². The van der Waals surface area contributed by atoms with Crippen LogP contribution < -0.4 is 0 Å². The molecule has 0 bridgehead atoms. The molecule has 0 aromatic heterocycles. The predicted octanol–water partition coefficient (Wildman–Crippen LogP) is 4.06.